The number of amides is 1. The average molecular weight is 336 g/mol. The molecule has 1 aliphatic heterocycles. The first-order valence-corrected chi connectivity index (χ1v) is 8.08. The van der Waals surface area contributed by atoms with Crippen LogP contribution in [0, 0.1) is 5.92 Å². The molecule has 1 aromatic heterocycles. The quantitative estimate of drug-likeness (QED) is 0.914. The highest BCUT2D eigenvalue weighted by molar-refractivity contribution is 5.86. The smallest absolute Gasteiger partial charge is 0.410 e. The fraction of sp³-hybridized carbons (Fsp3) is 0.588. The Balaban J connectivity index is 1.94. The van der Waals surface area contributed by atoms with Crippen LogP contribution in [0.1, 0.15) is 44.0 Å². The van der Waals surface area contributed by atoms with E-state index in [9.17, 15) is 14.4 Å². The van der Waals surface area contributed by atoms with Crippen molar-refractivity contribution < 1.29 is 19.4 Å². The van der Waals surface area contributed by atoms with Gasteiger partial charge >= 0.3 is 12.1 Å². The minimum Gasteiger partial charge on any atom is -0.477 e. The number of carboxylic acid groups (broad SMARTS) is 1. The molecule has 7 heteroatoms. The minimum absolute atomic E-state index is 0.219. The van der Waals surface area contributed by atoms with Crippen molar-refractivity contribution in [2.75, 3.05) is 13.1 Å². The number of likely N-dealkylation sites (tertiary alicyclic amines) is 1. The fourth-order valence-corrected chi connectivity index (χ4v) is 2.75. The molecular weight excluding hydrogens is 312 g/mol. The molecular formula is C17H24N2O5. The van der Waals surface area contributed by atoms with Crippen LogP contribution in [-0.2, 0) is 11.3 Å². The molecule has 0 aromatic carbocycles. The lowest BCUT2D eigenvalue weighted by molar-refractivity contribution is 0.0177. The molecule has 0 spiro atoms. The van der Waals surface area contributed by atoms with E-state index in [2.05, 4.69) is 0 Å². The first-order valence-electron chi connectivity index (χ1n) is 8.08. The summed E-state index contributed by atoms with van der Waals surface area (Å²) in [5, 5.41) is 9.01. The van der Waals surface area contributed by atoms with E-state index in [1.165, 1.54) is 10.6 Å². The molecule has 0 bridgehead atoms. The summed E-state index contributed by atoms with van der Waals surface area (Å²) < 4.78 is 6.80. The van der Waals surface area contributed by atoms with Crippen LogP contribution in [0.15, 0.2) is 23.1 Å². The van der Waals surface area contributed by atoms with E-state index in [1.807, 2.05) is 20.8 Å². The van der Waals surface area contributed by atoms with Crippen LogP contribution in [0.2, 0.25) is 0 Å². The molecule has 2 rings (SSSR count). The molecule has 2 heterocycles. The van der Waals surface area contributed by atoms with Gasteiger partial charge in [-0.2, -0.15) is 0 Å². The van der Waals surface area contributed by atoms with E-state index < -0.39 is 17.1 Å². The Bertz CT molecular complexity index is 666. The maximum atomic E-state index is 12.1. The van der Waals surface area contributed by atoms with Crippen LogP contribution in [0.25, 0.3) is 0 Å². The van der Waals surface area contributed by atoms with Crippen molar-refractivity contribution in [2.24, 2.45) is 5.92 Å². The number of carboxylic acids is 1. The van der Waals surface area contributed by atoms with E-state index >= 15 is 0 Å². The Morgan fingerprint density at radius 3 is 2.46 bits per heavy atom. The van der Waals surface area contributed by atoms with Gasteiger partial charge in [-0.25, -0.2) is 9.59 Å². The van der Waals surface area contributed by atoms with Gasteiger partial charge in [0.05, 0.1) is 0 Å². The molecule has 0 aliphatic carbocycles. The Labute approximate surface area is 140 Å². The Hall–Kier alpha value is -2.31. The normalized spacial score (nSPS) is 16.0. The predicted octanol–water partition coefficient (Wildman–Crippen LogP) is 2.19. The first-order chi connectivity index (χ1) is 11.2. The number of hydrogen-bond acceptors (Lipinski definition) is 4. The zero-order valence-electron chi connectivity index (χ0n) is 14.3. The summed E-state index contributed by atoms with van der Waals surface area (Å²) in [5.74, 6) is -0.987. The Kier molecular flexibility index (Phi) is 5.31. The monoisotopic (exact) mass is 336 g/mol. The van der Waals surface area contributed by atoms with Gasteiger partial charge in [-0.1, -0.05) is 0 Å². The topological polar surface area (TPSA) is 88.8 Å². The van der Waals surface area contributed by atoms with Crippen molar-refractivity contribution in [1.82, 2.24) is 9.47 Å². The van der Waals surface area contributed by atoms with Crippen molar-refractivity contribution in [1.29, 1.82) is 0 Å². The van der Waals surface area contributed by atoms with Crippen LogP contribution in [0.5, 0.6) is 0 Å². The summed E-state index contributed by atoms with van der Waals surface area (Å²) in [6.07, 6.45) is 2.80. The molecule has 24 heavy (non-hydrogen) atoms. The zero-order chi connectivity index (χ0) is 17.9. The van der Waals surface area contributed by atoms with Crippen LogP contribution in [0.4, 0.5) is 4.79 Å². The Morgan fingerprint density at radius 2 is 1.92 bits per heavy atom. The number of pyridine rings is 1. The molecule has 132 valence electrons. The van der Waals surface area contributed by atoms with Crippen molar-refractivity contribution in [3.8, 4) is 0 Å². The molecule has 1 fully saturated rings. The maximum absolute atomic E-state index is 12.1. The summed E-state index contributed by atoms with van der Waals surface area (Å²) in [4.78, 5) is 36.9. The van der Waals surface area contributed by atoms with Crippen LogP contribution in [-0.4, -0.2) is 45.3 Å². The summed E-state index contributed by atoms with van der Waals surface area (Å²) in [7, 11) is 0. The van der Waals surface area contributed by atoms with E-state index in [1.54, 1.807) is 17.2 Å². The number of piperidine rings is 1. The van der Waals surface area contributed by atoms with Gasteiger partial charge in [0.25, 0.3) is 5.56 Å². The highest BCUT2D eigenvalue weighted by Gasteiger charge is 2.27. The third kappa shape index (κ3) is 4.59. The molecule has 0 saturated carbocycles. The van der Waals surface area contributed by atoms with Crippen LogP contribution >= 0.6 is 0 Å². The lowest BCUT2D eigenvalue weighted by Crippen LogP contribution is -2.42. The molecule has 0 unspecified atom stereocenters. The first kappa shape index (κ1) is 18.0. The van der Waals surface area contributed by atoms with Gasteiger partial charge in [-0.3, -0.25) is 4.79 Å². The van der Waals surface area contributed by atoms with Gasteiger partial charge in [0, 0.05) is 25.8 Å². The third-order valence-electron chi connectivity index (χ3n) is 3.97. The highest BCUT2D eigenvalue weighted by Crippen LogP contribution is 2.20. The molecule has 0 atom stereocenters. The number of ether oxygens (including phenoxy) is 1. The second kappa shape index (κ2) is 7.07. The van der Waals surface area contributed by atoms with Gasteiger partial charge in [0.1, 0.15) is 11.2 Å². The molecule has 1 N–H and O–H groups in total. The summed E-state index contributed by atoms with van der Waals surface area (Å²) >= 11 is 0. The van der Waals surface area contributed by atoms with E-state index in [0.717, 1.165) is 12.8 Å². The lowest BCUT2D eigenvalue weighted by Gasteiger charge is -2.33. The number of aromatic nitrogens is 1. The van der Waals surface area contributed by atoms with Crippen molar-refractivity contribution in [3.63, 3.8) is 0 Å². The largest absolute Gasteiger partial charge is 0.477 e. The second-order valence-electron chi connectivity index (χ2n) is 7.10. The highest BCUT2D eigenvalue weighted by atomic mass is 16.6. The third-order valence-corrected chi connectivity index (χ3v) is 3.97. The minimum atomic E-state index is -1.21. The van der Waals surface area contributed by atoms with Gasteiger partial charge in [0.2, 0.25) is 0 Å². The van der Waals surface area contributed by atoms with E-state index in [0.29, 0.717) is 19.6 Å². The van der Waals surface area contributed by atoms with Gasteiger partial charge < -0.3 is 19.3 Å². The fourth-order valence-electron chi connectivity index (χ4n) is 2.75. The maximum Gasteiger partial charge on any atom is 0.410 e. The SMILES string of the molecule is CC(C)(C)OC(=O)N1CCC(Cn2cccc(C(=O)O)c2=O)CC1. The standard InChI is InChI=1S/C17H24N2O5/c1-17(2,3)24-16(23)18-9-6-12(7-10-18)11-19-8-4-5-13(14(19)20)15(21)22/h4-5,8,12H,6-7,9-11H2,1-3H3,(H,21,22). The van der Waals surface area contributed by atoms with Gasteiger partial charge in [-0.15, -0.1) is 0 Å². The van der Waals surface area contributed by atoms with E-state index in [4.69, 9.17) is 9.84 Å². The van der Waals surface area contributed by atoms with E-state index in [-0.39, 0.29) is 17.6 Å². The predicted molar refractivity (Wildman–Crippen MR) is 88.2 cm³/mol. The molecule has 1 saturated heterocycles. The number of aromatic carboxylic acids is 1. The second-order valence-corrected chi connectivity index (χ2v) is 7.10. The molecule has 1 amide bonds. The molecule has 1 aromatic rings. The average Bonchev–Trinajstić information content (AvgIpc) is 2.48. The van der Waals surface area contributed by atoms with Crippen LogP contribution < -0.4 is 5.56 Å². The summed E-state index contributed by atoms with van der Waals surface area (Å²) in [5.41, 5.74) is -1.22. The summed E-state index contributed by atoms with van der Waals surface area (Å²) in [6.45, 7) is 7.11. The van der Waals surface area contributed by atoms with Crippen LogP contribution in [0.3, 0.4) is 0 Å². The number of carbonyl (C=O) groups is 2. The number of carbonyl (C=O) groups excluding carboxylic acids is 1. The molecule has 1 aliphatic rings. The number of rotatable bonds is 3. The van der Waals surface area contributed by atoms with Crippen molar-refractivity contribution in [3.05, 3.63) is 34.2 Å². The zero-order valence-corrected chi connectivity index (χ0v) is 14.3. The number of nitrogens with zero attached hydrogens (tertiary/aromatic N) is 2. The molecule has 7 nitrogen and oxygen atoms in total. The van der Waals surface area contributed by atoms with Crippen molar-refractivity contribution in [2.45, 2.75) is 45.8 Å². The summed E-state index contributed by atoms with van der Waals surface area (Å²) in [6, 6.07) is 2.88. The van der Waals surface area contributed by atoms with Crippen molar-refractivity contribution >= 4 is 12.1 Å². The van der Waals surface area contributed by atoms with Gasteiger partial charge in [0.15, 0.2) is 0 Å². The van der Waals surface area contributed by atoms with Gasteiger partial charge in [-0.05, 0) is 51.7 Å². The number of hydrogen-bond donors (Lipinski definition) is 1. The molecule has 0 radical (unpaired) electrons. The lowest BCUT2D eigenvalue weighted by atomic mass is 9.97. The Morgan fingerprint density at radius 1 is 1.29 bits per heavy atom.